The van der Waals surface area contributed by atoms with Crippen LogP contribution in [-0.4, -0.2) is 18.4 Å². The summed E-state index contributed by atoms with van der Waals surface area (Å²) >= 11 is 7.52. The van der Waals surface area contributed by atoms with E-state index in [1.807, 2.05) is 31.2 Å². The molecule has 1 aromatic heterocycles. The Labute approximate surface area is 179 Å². The minimum atomic E-state index is -0.315. The highest BCUT2D eigenvalue weighted by molar-refractivity contribution is 7.18. The lowest BCUT2D eigenvalue weighted by Crippen LogP contribution is -2.38. The van der Waals surface area contributed by atoms with Crippen molar-refractivity contribution in [3.8, 4) is 0 Å². The number of ether oxygens (including phenoxy) is 1. The van der Waals surface area contributed by atoms with Crippen LogP contribution < -0.4 is 5.32 Å². The number of Topliss-reactive ketones (excluding diaryl/α,β-unsaturated/α-hetero) is 1. The Balaban J connectivity index is 1.93. The maximum Gasteiger partial charge on any atom is 0.348 e. The van der Waals surface area contributed by atoms with E-state index in [0.717, 1.165) is 27.4 Å². The van der Waals surface area contributed by atoms with Crippen molar-refractivity contribution in [3.63, 3.8) is 0 Å². The first-order valence-electron chi connectivity index (χ1n) is 9.80. The summed E-state index contributed by atoms with van der Waals surface area (Å²) < 4.78 is 5.26. The minimum Gasteiger partial charge on any atom is -0.462 e. The van der Waals surface area contributed by atoms with E-state index in [1.165, 1.54) is 11.3 Å². The van der Waals surface area contributed by atoms with E-state index >= 15 is 0 Å². The van der Waals surface area contributed by atoms with Gasteiger partial charge in [-0.3, -0.25) is 4.79 Å². The van der Waals surface area contributed by atoms with Crippen molar-refractivity contribution < 1.29 is 14.3 Å². The highest BCUT2D eigenvalue weighted by atomic mass is 35.5. The molecule has 0 saturated heterocycles. The van der Waals surface area contributed by atoms with Crippen LogP contribution in [0.15, 0.2) is 36.0 Å². The first-order valence-corrected chi connectivity index (χ1v) is 11.0. The quantitative estimate of drug-likeness (QED) is 0.613. The SMILES string of the molecule is CCOC(=O)c1sc2c(c1C)[C@H](c1ccc(Cl)cc1)[C@H]1C(=O)CC(C)(C)C=C1N2. The fourth-order valence-electron chi connectivity index (χ4n) is 4.49. The molecule has 0 spiro atoms. The third-order valence-electron chi connectivity index (χ3n) is 5.64. The zero-order valence-corrected chi connectivity index (χ0v) is 18.5. The number of anilines is 1. The van der Waals surface area contributed by atoms with Gasteiger partial charge in [-0.15, -0.1) is 11.3 Å². The predicted octanol–water partition coefficient (Wildman–Crippen LogP) is 5.94. The van der Waals surface area contributed by atoms with Gasteiger partial charge in [0, 0.05) is 23.1 Å². The van der Waals surface area contributed by atoms with Crippen LogP contribution in [0.2, 0.25) is 5.02 Å². The predicted molar refractivity (Wildman–Crippen MR) is 117 cm³/mol. The van der Waals surface area contributed by atoms with Crippen molar-refractivity contribution in [3.05, 3.63) is 62.6 Å². The van der Waals surface area contributed by atoms with Gasteiger partial charge in [0.1, 0.15) is 10.7 Å². The fraction of sp³-hybridized carbons (Fsp3) is 0.391. The Bertz CT molecular complexity index is 1020. The molecule has 1 N–H and O–H groups in total. The smallest absolute Gasteiger partial charge is 0.348 e. The second kappa shape index (κ2) is 7.29. The average molecular weight is 430 g/mol. The second-order valence-electron chi connectivity index (χ2n) is 8.38. The van der Waals surface area contributed by atoms with Crippen molar-refractivity contribution in [2.45, 2.75) is 40.0 Å². The van der Waals surface area contributed by atoms with Crippen LogP contribution >= 0.6 is 22.9 Å². The number of thiophene rings is 1. The first-order chi connectivity index (χ1) is 13.7. The van der Waals surface area contributed by atoms with Gasteiger partial charge in [-0.25, -0.2) is 4.79 Å². The number of carbonyl (C=O) groups is 2. The van der Waals surface area contributed by atoms with Crippen LogP contribution in [0.4, 0.5) is 5.00 Å². The molecule has 29 heavy (non-hydrogen) atoms. The maximum atomic E-state index is 13.3. The lowest BCUT2D eigenvalue weighted by molar-refractivity contribution is -0.124. The highest BCUT2D eigenvalue weighted by Gasteiger charge is 2.45. The summed E-state index contributed by atoms with van der Waals surface area (Å²) in [6.07, 6.45) is 2.67. The number of hydrogen-bond donors (Lipinski definition) is 1. The number of ketones is 1. The molecule has 0 saturated carbocycles. The second-order valence-corrected chi connectivity index (χ2v) is 9.84. The summed E-state index contributed by atoms with van der Waals surface area (Å²) in [5.74, 6) is -0.545. The van der Waals surface area contributed by atoms with Crippen LogP contribution in [-0.2, 0) is 9.53 Å². The zero-order valence-electron chi connectivity index (χ0n) is 17.0. The van der Waals surface area contributed by atoms with Crippen LogP contribution in [0, 0.1) is 18.3 Å². The largest absolute Gasteiger partial charge is 0.462 e. The molecule has 152 valence electrons. The zero-order chi connectivity index (χ0) is 20.9. The van der Waals surface area contributed by atoms with E-state index in [2.05, 4.69) is 25.2 Å². The number of nitrogens with one attached hydrogen (secondary N) is 1. The lowest BCUT2D eigenvalue weighted by Gasteiger charge is -2.40. The van der Waals surface area contributed by atoms with E-state index in [9.17, 15) is 9.59 Å². The Morgan fingerprint density at radius 1 is 1.28 bits per heavy atom. The van der Waals surface area contributed by atoms with Gasteiger partial charge in [0.15, 0.2) is 0 Å². The fourth-order valence-corrected chi connectivity index (χ4v) is 5.78. The maximum absolute atomic E-state index is 13.3. The topological polar surface area (TPSA) is 55.4 Å². The van der Waals surface area contributed by atoms with E-state index in [0.29, 0.717) is 22.9 Å². The minimum absolute atomic E-state index is 0.155. The summed E-state index contributed by atoms with van der Waals surface area (Å²) in [7, 11) is 0. The highest BCUT2D eigenvalue weighted by Crippen LogP contribution is 2.53. The molecule has 0 bridgehead atoms. The van der Waals surface area contributed by atoms with E-state index in [4.69, 9.17) is 16.3 Å². The molecule has 0 radical (unpaired) electrons. The van der Waals surface area contributed by atoms with Gasteiger partial charge in [-0.1, -0.05) is 43.7 Å². The van der Waals surface area contributed by atoms with E-state index < -0.39 is 0 Å². The molecule has 0 amide bonds. The number of esters is 1. The number of allylic oxidation sites excluding steroid dienone is 2. The van der Waals surface area contributed by atoms with Gasteiger partial charge in [-0.05, 0) is 48.1 Å². The van der Waals surface area contributed by atoms with Crippen molar-refractivity contribution in [2.75, 3.05) is 11.9 Å². The summed E-state index contributed by atoms with van der Waals surface area (Å²) in [5, 5.41) is 5.05. The molecule has 2 heterocycles. The summed E-state index contributed by atoms with van der Waals surface area (Å²) in [5.41, 5.74) is 3.64. The Hall–Kier alpha value is -2.11. The van der Waals surface area contributed by atoms with Gasteiger partial charge in [0.25, 0.3) is 0 Å². The lowest BCUT2D eigenvalue weighted by atomic mass is 9.67. The Kier molecular flexibility index (Phi) is 5.07. The van der Waals surface area contributed by atoms with Crippen LogP contribution in [0.3, 0.4) is 0 Å². The number of fused-ring (bicyclic) bond motifs is 2. The average Bonchev–Trinajstić information content (AvgIpc) is 2.96. The van der Waals surface area contributed by atoms with Gasteiger partial charge >= 0.3 is 5.97 Å². The van der Waals surface area contributed by atoms with Gasteiger partial charge in [0.2, 0.25) is 0 Å². The third kappa shape index (κ3) is 3.51. The molecule has 1 aliphatic heterocycles. The molecule has 0 unspecified atom stereocenters. The van der Waals surface area contributed by atoms with Gasteiger partial charge in [0.05, 0.1) is 17.5 Å². The number of carbonyl (C=O) groups excluding carboxylic acids is 2. The normalized spacial score (nSPS) is 22.2. The molecule has 1 aliphatic carbocycles. The first kappa shape index (κ1) is 20.2. The summed E-state index contributed by atoms with van der Waals surface area (Å²) in [6, 6.07) is 7.67. The third-order valence-corrected chi connectivity index (χ3v) is 7.10. The number of halogens is 1. The van der Waals surface area contributed by atoms with Crippen molar-refractivity contribution in [1.82, 2.24) is 0 Å². The molecule has 2 aliphatic rings. The van der Waals surface area contributed by atoms with Crippen molar-refractivity contribution in [1.29, 1.82) is 0 Å². The number of rotatable bonds is 3. The van der Waals surface area contributed by atoms with Crippen LogP contribution in [0.5, 0.6) is 0 Å². The van der Waals surface area contributed by atoms with Crippen molar-refractivity contribution >= 4 is 39.7 Å². The molecule has 6 heteroatoms. The van der Waals surface area contributed by atoms with E-state index in [-0.39, 0.29) is 29.0 Å². The molecule has 2 atom stereocenters. The summed E-state index contributed by atoms with van der Waals surface area (Å²) in [6.45, 7) is 8.22. The monoisotopic (exact) mass is 429 g/mol. The Morgan fingerprint density at radius 3 is 2.62 bits per heavy atom. The van der Waals surface area contributed by atoms with Crippen molar-refractivity contribution in [2.24, 2.45) is 11.3 Å². The van der Waals surface area contributed by atoms with Crippen LogP contribution in [0.1, 0.15) is 59.5 Å². The number of hydrogen-bond acceptors (Lipinski definition) is 5. The van der Waals surface area contributed by atoms with Crippen LogP contribution in [0.25, 0.3) is 0 Å². The molecule has 2 aromatic rings. The van der Waals surface area contributed by atoms with Gasteiger partial charge < -0.3 is 10.1 Å². The van der Waals surface area contributed by atoms with E-state index in [1.54, 1.807) is 6.92 Å². The summed E-state index contributed by atoms with van der Waals surface area (Å²) in [4.78, 5) is 26.4. The number of benzene rings is 1. The molecular weight excluding hydrogens is 406 g/mol. The molecule has 4 rings (SSSR count). The molecule has 1 aromatic carbocycles. The molecular formula is C23H24ClNO3S. The Morgan fingerprint density at radius 2 is 1.97 bits per heavy atom. The molecule has 4 nitrogen and oxygen atoms in total. The van der Waals surface area contributed by atoms with Gasteiger partial charge in [-0.2, -0.15) is 0 Å². The standard InChI is InChI=1S/C23H24ClNO3S/c1-5-28-22(27)20-12(2)17-18(13-6-8-14(24)9-7-13)19-15(25-21(17)29-20)10-23(3,4)11-16(19)26/h6-10,18-19,25H,5,11H2,1-4H3/t18-,19+/m0/s1. The molecule has 0 fully saturated rings.